The molecule has 0 aromatic heterocycles. The lowest BCUT2D eigenvalue weighted by atomic mass is 10.1. The lowest BCUT2D eigenvalue weighted by Crippen LogP contribution is -2.47. The minimum atomic E-state index is -3.00. The first-order chi connectivity index (χ1) is 9.05. The second-order valence-corrected chi connectivity index (χ2v) is 7.33. The predicted molar refractivity (Wildman–Crippen MR) is 74.7 cm³/mol. The highest BCUT2D eigenvalue weighted by Crippen LogP contribution is 2.12. The van der Waals surface area contributed by atoms with Gasteiger partial charge in [-0.05, 0) is 12.8 Å². The molecule has 0 aromatic rings. The smallest absolute Gasteiger partial charge is 0.211 e. The van der Waals surface area contributed by atoms with Crippen LogP contribution in [-0.2, 0) is 14.8 Å². The maximum atomic E-state index is 11.4. The molecule has 2 saturated heterocycles. The molecular formula is C12H25N3O3S. The monoisotopic (exact) mass is 291 g/mol. The molecule has 2 fully saturated rings. The summed E-state index contributed by atoms with van der Waals surface area (Å²) in [5, 5.41) is 3.54. The number of morpholine rings is 1. The Hall–Kier alpha value is -0.210. The summed E-state index contributed by atoms with van der Waals surface area (Å²) in [5.74, 6) is 0. The molecule has 0 radical (unpaired) electrons. The SMILES string of the molecule is CS(=O)(=O)N1CCC(NCCN2CCOCC2)CC1. The number of nitrogens with zero attached hydrogens (tertiary/aromatic N) is 2. The van der Waals surface area contributed by atoms with Gasteiger partial charge in [0.2, 0.25) is 10.0 Å². The van der Waals surface area contributed by atoms with Gasteiger partial charge < -0.3 is 10.1 Å². The number of ether oxygens (including phenoxy) is 1. The molecule has 0 saturated carbocycles. The van der Waals surface area contributed by atoms with Gasteiger partial charge in [0, 0.05) is 45.3 Å². The van der Waals surface area contributed by atoms with Crippen LogP contribution >= 0.6 is 0 Å². The van der Waals surface area contributed by atoms with Gasteiger partial charge in [-0.25, -0.2) is 12.7 Å². The maximum absolute atomic E-state index is 11.4. The summed E-state index contributed by atoms with van der Waals surface area (Å²) in [6, 6.07) is 0.457. The molecule has 0 spiro atoms. The van der Waals surface area contributed by atoms with E-state index >= 15 is 0 Å². The van der Waals surface area contributed by atoms with E-state index in [1.54, 1.807) is 4.31 Å². The van der Waals surface area contributed by atoms with E-state index in [1.807, 2.05) is 0 Å². The molecule has 0 amide bonds. The van der Waals surface area contributed by atoms with Crippen LogP contribution in [-0.4, -0.2) is 82.4 Å². The van der Waals surface area contributed by atoms with E-state index in [4.69, 9.17) is 4.74 Å². The first kappa shape index (κ1) is 15.2. The summed E-state index contributed by atoms with van der Waals surface area (Å²) in [4.78, 5) is 2.40. The van der Waals surface area contributed by atoms with Crippen LogP contribution in [0.1, 0.15) is 12.8 Å². The molecule has 0 atom stereocenters. The minimum absolute atomic E-state index is 0.457. The van der Waals surface area contributed by atoms with Crippen LogP contribution in [0.3, 0.4) is 0 Å². The second-order valence-electron chi connectivity index (χ2n) is 5.34. The van der Waals surface area contributed by atoms with E-state index in [9.17, 15) is 8.42 Å². The zero-order chi connectivity index (χ0) is 13.7. The van der Waals surface area contributed by atoms with E-state index in [2.05, 4.69) is 10.2 Å². The molecule has 112 valence electrons. The fourth-order valence-electron chi connectivity index (χ4n) is 2.64. The van der Waals surface area contributed by atoms with Crippen LogP contribution in [0, 0.1) is 0 Å². The topological polar surface area (TPSA) is 61.9 Å². The Balaban J connectivity index is 1.60. The van der Waals surface area contributed by atoms with Gasteiger partial charge >= 0.3 is 0 Å². The molecular weight excluding hydrogens is 266 g/mol. The zero-order valence-corrected chi connectivity index (χ0v) is 12.5. The van der Waals surface area contributed by atoms with Crippen molar-refractivity contribution in [3.05, 3.63) is 0 Å². The van der Waals surface area contributed by atoms with Crippen LogP contribution < -0.4 is 5.32 Å². The summed E-state index contributed by atoms with van der Waals surface area (Å²) in [5.41, 5.74) is 0. The van der Waals surface area contributed by atoms with Crippen molar-refractivity contribution in [2.75, 3.05) is 58.7 Å². The fraction of sp³-hybridized carbons (Fsp3) is 1.00. The Morgan fingerprint density at radius 2 is 1.79 bits per heavy atom. The molecule has 2 aliphatic rings. The molecule has 7 heteroatoms. The van der Waals surface area contributed by atoms with Gasteiger partial charge in [0.1, 0.15) is 0 Å². The summed E-state index contributed by atoms with van der Waals surface area (Å²) < 4.78 is 29.7. The Morgan fingerprint density at radius 3 is 2.37 bits per heavy atom. The number of rotatable bonds is 5. The molecule has 0 aromatic carbocycles. The lowest BCUT2D eigenvalue weighted by molar-refractivity contribution is 0.0379. The van der Waals surface area contributed by atoms with Crippen LogP contribution in [0.4, 0.5) is 0 Å². The van der Waals surface area contributed by atoms with Gasteiger partial charge in [0.15, 0.2) is 0 Å². The van der Waals surface area contributed by atoms with Gasteiger partial charge in [-0.3, -0.25) is 4.90 Å². The van der Waals surface area contributed by atoms with Crippen molar-refractivity contribution in [2.45, 2.75) is 18.9 Å². The highest BCUT2D eigenvalue weighted by molar-refractivity contribution is 7.88. The second kappa shape index (κ2) is 6.99. The average Bonchev–Trinajstić information content (AvgIpc) is 2.39. The number of hydrogen-bond acceptors (Lipinski definition) is 5. The van der Waals surface area contributed by atoms with Crippen molar-refractivity contribution in [1.82, 2.24) is 14.5 Å². The molecule has 2 rings (SSSR count). The Bertz CT molecular complexity index is 360. The van der Waals surface area contributed by atoms with Crippen molar-refractivity contribution < 1.29 is 13.2 Å². The van der Waals surface area contributed by atoms with Gasteiger partial charge in [-0.15, -0.1) is 0 Å². The summed E-state index contributed by atoms with van der Waals surface area (Å²) in [7, 11) is -3.00. The predicted octanol–water partition coefficient (Wildman–Crippen LogP) is -0.668. The van der Waals surface area contributed by atoms with Crippen LogP contribution in [0.5, 0.6) is 0 Å². The van der Waals surface area contributed by atoms with Crippen LogP contribution in [0.25, 0.3) is 0 Å². The Morgan fingerprint density at radius 1 is 1.16 bits per heavy atom. The Labute approximate surface area is 116 Å². The van der Waals surface area contributed by atoms with Crippen molar-refractivity contribution in [1.29, 1.82) is 0 Å². The number of nitrogens with one attached hydrogen (secondary N) is 1. The molecule has 6 nitrogen and oxygen atoms in total. The van der Waals surface area contributed by atoms with Gasteiger partial charge in [0.25, 0.3) is 0 Å². The van der Waals surface area contributed by atoms with Gasteiger partial charge in [-0.2, -0.15) is 0 Å². The molecule has 1 N–H and O–H groups in total. The standard InChI is InChI=1S/C12H25N3O3S/c1-19(16,17)15-5-2-12(3-6-15)13-4-7-14-8-10-18-11-9-14/h12-13H,2-11H2,1H3. The average molecular weight is 291 g/mol. The largest absolute Gasteiger partial charge is 0.379 e. The van der Waals surface area contributed by atoms with Crippen molar-refractivity contribution in [2.24, 2.45) is 0 Å². The van der Waals surface area contributed by atoms with Gasteiger partial charge in [-0.1, -0.05) is 0 Å². The highest BCUT2D eigenvalue weighted by atomic mass is 32.2. The Kier molecular flexibility index (Phi) is 5.58. The third-order valence-electron chi connectivity index (χ3n) is 3.89. The van der Waals surface area contributed by atoms with Crippen molar-refractivity contribution in [3.8, 4) is 0 Å². The van der Waals surface area contributed by atoms with Crippen LogP contribution in [0.15, 0.2) is 0 Å². The first-order valence-electron chi connectivity index (χ1n) is 7.04. The third kappa shape index (κ3) is 5.00. The van der Waals surface area contributed by atoms with E-state index in [0.29, 0.717) is 19.1 Å². The van der Waals surface area contributed by atoms with E-state index in [-0.39, 0.29) is 0 Å². The van der Waals surface area contributed by atoms with E-state index < -0.39 is 10.0 Å². The minimum Gasteiger partial charge on any atom is -0.379 e. The normalized spacial score (nSPS) is 24.7. The number of piperidine rings is 1. The molecule has 0 aliphatic carbocycles. The molecule has 19 heavy (non-hydrogen) atoms. The van der Waals surface area contributed by atoms with E-state index in [1.165, 1.54) is 6.26 Å². The zero-order valence-electron chi connectivity index (χ0n) is 11.7. The van der Waals surface area contributed by atoms with E-state index in [0.717, 1.165) is 52.2 Å². The summed E-state index contributed by atoms with van der Waals surface area (Å²) >= 11 is 0. The maximum Gasteiger partial charge on any atom is 0.211 e. The van der Waals surface area contributed by atoms with Crippen LogP contribution in [0.2, 0.25) is 0 Å². The van der Waals surface area contributed by atoms with Crippen molar-refractivity contribution in [3.63, 3.8) is 0 Å². The fourth-order valence-corrected chi connectivity index (χ4v) is 3.52. The highest BCUT2D eigenvalue weighted by Gasteiger charge is 2.24. The quantitative estimate of drug-likeness (QED) is 0.728. The number of hydrogen-bond donors (Lipinski definition) is 1. The molecule has 2 aliphatic heterocycles. The van der Waals surface area contributed by atoms with Crippen molar-refractivity contribution >= 4 is 10.0 Å². The molecule has 2 heterocycles. The van der Waals surface area contributed by atoms with Gasteiger partial charge in [0.05, 0.1) is 19.5 Å². The molecule has 0 unspecified atom stereocenters. The third-order valence-corrected chi connectivity index (χ3v) is 5.19. The molecule has 0 bridgehead atoms. The lowest BCUT2D eigenvalue weighted by Gasteiger charge is -2.32. The summed E-state index contributed by atoms with van der Waals surface area (Å²) in [6.45, 7) is 7.04. The number of sulfonamides is 1. The summed E-state index contributed by atoms with van der Waals surface area (Å²) in [6.07, 6.45) is 3.12. The first-order valence-corrected chi connectivity index (χ1v) is 8.89.